The van der Waals surface area contributed by atoms with Gasteiger partial charge in [-0.2, -0.15) is 0 Å². The van der Waals surface area contributed by atoms with E-state index in [4.69, 9.17) is 14.3 Å². The Morgan fingerprint density at radius 1 is 1.28 bits per heavy atom. The Morgan fingerprint density at radius 3 is 2.80 bits per heavy atom. The number of aryl methyl sites for hydroxylation is 1. The molecule has 0 aliphatic carbocycles. The number of aliphatic carboxylic acids is 1. The number of amides is 1. The van der Waals surface area contributed by atoms with E-state index < -0.39 is 11.6 Å². The molecule has 0 saturated heterocycles. The zero-order valence-electron chi connectivity index (χ0n) is 14.0. The van der Waals surface area contributed by atoms with Gasteiger partial charge < -0.3 is 19.6 Å². The smallest absolute Gasteiger partial charge is 0.336 e. The van der Waals surface area contributed by atoms with Crippen molar-refractivity contribution < 1.29 is 23.8 Å². The van der Waals surface area contributed by atoms with Gasteiger partial charge in [0.25, 0.3) is 5.91 Å². The first-order valence-corrected chi connectivity index (χ1v) is 8.17. The normalized spacial score (nSPS) is 10.6. The van der Waals surface area contributed by atoms with E-state index in [9.17, 15) is 14.4 Å². The van der Waals surface area contributed by atoms with E-state index in [2.05, 4.69) is 5.32 Å². The highest BCUT2D eigenvalue weighted by Gasteiger charge is 2.08. The molecule has 25 heavy (non-hydrogen) atoms. The standard InChI is InChI=1S/C18H21NO6/c1-2-4-12-9-18(23)25-15-10-13(6-7-14(12)15)24-11-16(20)19-8-3-5-17(21)22/h6-7,9-10H,2-5,8,11H2,1H3,(H,19,20)(H,21,22). The lowest BCUT2D eigenvalue weighted by Gasteiger charge is -2.09. The van der Waals surface area contributed by atoms with Crippen LogP contribution >= 0.6 is 0 Å². The zero-order valence-corrected chi connectivity index (χ0v) is 14.0. The van der Waals surface area contributed by atoms with Crippen LogP contribution in [0.1, 0.15) is 31.7 Å². The molecule has 1 aromatic carbocycles. The van der Waals surface area contributed by atoms with Crippen LogP contribution < -0.4 is 15.7 Å². The van der Waals surface area contributed by atoms with Crippen molar-refractivity contribution >= 4 is 22.8 Å². The summed E-state index contributed by atoms with van der Waals surface area (Å²) in [5, 5.41) is 12.0. The van der Waals surface area contributed by atoms with Crippen molar-refractivity contribution in [3.05, 3.63) is 40.2 Å². The molecule has 2 rings (SSSR count). The fourth-order valence-electron chi connectivity index (χ4n) is 2.44. The Hall–Kier alpha value is -2.83. The monoisotopic (exact) mass is 347 g/mol. The van der Waals surface area contributed by atoms with E-state index in [0.717, 1.165) is 23.8 Å². The molecule has 7 heteroatoms. The number of rotatable bonds is 9. The van der Waals surface area contributed by atoms with Crippen molar-refractivity contribution in [3.8, 4) is 5.75 Å². The van der Waals surface area contributed by atoms with Crippen LogP contribution in [0, 0.1) is 0 Å². The summed E-state index contributed by atoms with van der Waals surface area (Å²) >= 11 is 0. The summed E-state index contributed by atoms with van der Waals surface area (Å²) in [6, 6.07) is 6.62. The van der Waals surface area contributed by atoms with Crippen LogP contribution in [-0.2, 0) is 16.0 Å². The van der Waals surface area contributed by atoms with E-state index in [1.54, 1.807) is 12.1 Å². The number of hydrogen-bond acceptors (Lipinski definition) is 5. The van der Waals surface area contributed by atoms with Crippen molar-refractivity contribution in [2.24, 2.45) is 0 Å². The fraction of sp³-hybridized carbons (Fsp3) is 0.389. The summed E-state index contributed by atoms with van der Waals surface area (Å²) in [5.41, 5.74) is 0.941. The maximum atomic E-state index is 11.7. The summed E-state index contributed by atoms with van der Waals surface area (Å²) in [6.45, 7) is 2.12. The van der Waals surface area contributed by atoms with Crippen molar-refractivity contribution in [1.29, 1.82) is 0 Å². The minimum atomic E-state index is -0.898. The van der Waals surface area contributed by atoms with Crippen LogP contribution in [0.25, 0.3) is 11.0 Å². The molecule has 2 aromatic rings. The van der Waals surface area contributed by atoms with Gasteiger partial charge in [0, 0.05) is 30.5 Å². The molecule has 0 spiro atoms. The molecule has 0 aliphatic heterocycles. The molecule has 1 heterocycles. The van der Waals surface area contributed by atoms with Gasteiger partial charge in [-0.3, -0.25) is 9.59 Å². The Kier molecular flexibility index (Phi) is 6.56. The van der Waals surface area contributed by atoms with Crippen LogP contribution in [0.5, 0.6) is 5.75 Å². The second-order valence-corrected chi connectivity index (χ2v) is 5.63. The second kappa shape index (κ2) is 8.86. The minimum absolute atomic E-state index is 0.00490. The molecule has 0 radical (unpaired) electrons. The van der Waals surface area contributed by atoms with Gasteiger partial charge in [-0.15, -0.1) is 0 Å². The summed E-state index contributed by atoms with van der Waals surface area (Å²) in [6.07, 6.45) is 2.06. The number of benzene rings is 1. The quantitative estimate of drug-likeness (QED) is 0.531. The fourth-order valence-corrected chi connectivity index (χ4v) is 2.44. The van der Waals surface area contributed by atoms with Gasteiger partial charge in [-0.05, 0) is 30.5 Å². The SMILES string of the molecule is CCCc1cc(=O)oc2cc(OCC(=O)NCCCC(=O)O)ccc12. The lowest BCUT2D eigenvalue weighted by molar-refractivity contribution is -0.137. The molecule has 0 unspecified atom stereocenters. The predicted molar refractivity (Wildman–Crippen MR) is 91.9 cm³/mol. The largest absolute Gasteiger partial charge is 0.484 e. The molecule has 7 nitrogen and oxygen atoms in total. The summed E-state index contributed by atoms with van der Waals surface area (Å²) in [4.78, 5) is 33.7. The highest BCUT2D eigenvalue weighted by Crippen LogP contribution is 2.23. The number of carboxylic acid groups (broad SMARTS) is 1. The van der Waals surface area contributed by atoms with Crippen molar-refractivity contribution in [2.75, 3.05) is 13.2 Å². The molecule has 134 valence electrons. The highest BCUT2D eigenvalue weighted by molar-refractivity contribution is 5.82. The molecule has 1 aromatic heterocycles. The third-order valence-electron chi connectivity index (χ3n) is 3.58. The van der Waals surface area contributed by atoms with Crippen molar-refractivity contribution in [3.63, 3.8) is 0 Å². The topological polar surface area (TPSA) is 106 Å². The van der Waals surface area contributed by atoms with E-state index in [0.29, 0.717) is 17.8 Å². The first-order chi connectivity index (χ1) is 12.0. The number of ether oxygens (including phenoxy) is 1. The van der Waals surface area contributed by atoms with Gasteiger partial charge in [-0.1, -0.05) is 13.3 Å². The number of carbonyl (C=O) groups excluding carboxylic acids is 1. The predicted octanol–water partition coefficient (Wildman–Crippen LogP) is 2.11. The lowest BCUT2D eigenvalue weighted by atomic mass is 10.1. The van der Waals surface area contributed by atoms with Gasteiger partial charge in [0.2, 0.25) is 0 Å². The van der Waals surface area contributed by atoms with Crippen LogP contribution in [0.2, 0.25) is 0 Å². The van der Waals surface area contributed by atoms with E-state index in [-0.39, 0.29) is 25.5 Å². The maximum Gasteiger partial charge on any atom is 0.336 e. The summed E-state index contributed by atoms with van der Waals surface area (Å²) in [7, 11) is 0. The highest BCUT2D eigenvalue weighted by atomic mass is 16.5. The summed E-state index contributed by atoms with van der Waals surface area (Å²) < 4.78 is 10.6. The van der Waals surface area contributed by atoms with Crippen LogP contribution in [-0.4, -0.2) is 30.1 Å². The minimum Gasteiger partial charge on any atom is -0.484 e. The molecule has 0 aliphatic rings. The Labute approximate surface area is 144 Å². The van der Waals surface area contributed by atoms with Crippen LogP contribution in [0.15, 0.2) is 33.5 Å². The van der Waals surface area contributed by atoms with Gasteiger partial charge in [-0.25, -0.2) is 4.79 Å². The van der Waals surface area contributed by atoms with Crippen LogP contribution in [0.4, 0.5) is 0 Å². The maximum absolute atomic E-state index is 11.7. The van der Waals surface area contributed by atoms with Crippen molar-refractivity contribution in [1.82, 2.24) is 5.32 Å². The number of hydrogen-bond donors (Lipinski definition) is 2. The Balaban J connectivity index is 1.96. The molecule has 0 fully saturated rings. The molecule has 0 bridgehead atoms. The molecular formula is C18H21NO6. The Bertz CT molecular complexity index is 811. The zero-order chi connectivity index (χ0) is 18.2. The van der Waals surface area contributed by atoms with E-state index in [1.165, 1.54) is 6.07 Å². The summed E-state index contributed by atoms with van der Waals surface area (Å²) in [5.74, 6) is -0.817. The van der Waals surface area contributed by atoms with Gasteiger partial charge in [0.05, 0.1) is 0 Å². The number of carboxylic acids is 1. The molecule has 0 atom stereocenters. The molecular weight excluding hydrogens is 326 g/mol. The lowest BCUT2D eigenvalue weighted by Crippen LogP contribution is -2.29. The molecule has 2 N–H and O–H groups in total. The van der Waals surface area contributed by atoms with Gasteiger partial charge in [0.1, 0.15) is 11.3 Å². The van der Waals surface area contributed by atoms with Gasteiger partial charge in [0.15, 0.2) is 6.61 Å². The van der Waals surface area contributed by atoms with Crippen LogP contribution in [0.3, 0.4) is 0 Å². The van der Waals surface area contributed by atoms with E-state index >= 15 is 0 Å². The Morgan fingerprint density at radius 2 is 2.08 bits per heavy atom. The first kappa shape index (κ1) is 18.5. The van der Waals surface area contributed by atoms with E-state index in [1.807, 2.05) is 13.0 Å². The van der Waals surface area contributed by atoms with Crippen molar-refractivity contribution in [2.45, 2.75) is 32.6 Å². The third kappa shape index (κ3) is 5.63. The average molecular weight is 347 g/mol. The van der Waals surface area contributed by atoms with Gasteiger partial charge >= 0.3 is 11.6 Å². The second-order valence-electron chi connectivity index (χ2n) is 5.63. The number of carbonyl (C=O) groups is 2. The molecule has 0 saturated carbocycles. The average Bonchev–Trinajstić information content (AvgIpc) is 2.56. The number of nitrogens with one attached hydrogen (secondary N) is 1. The first-order valence-electron chi connectivity index (χ1n) is 8.17. The number of fused-ring (bicyclic) bond motifs is 1. The third-order valence-corrected chi connectivity index (χ3v) is 3.58. The molecule has 1 amide bonds.